The molecule has 0 fully saturated rings. The number of aromatic hydroxyl groups is 2. The van der Waals surface area contributed by atoms with Crippen molar-refractivity contribution >= 4 is 24.3 Å². The fraction of sp³-hybridized carbons (Fsp3) is 0. The summed E-state index contributed by atoms with van der Waals surface area (Å²) in [7, 11) is 0. The molecule has 2 aromatic heterocycles. The highest BCUT2D eigenvalue weighted by molar-refractivity contribution is 5.71. The van der Waals surface area contributed by atoms with Crippen LogP contribution in [-0.2, 0) is 0 Å². The maximum Gasteiger partial charge on any atom is 0.115 e. The van der Waals surface area contributed by atoms with Crippen LogP contribution in [0.4, 0.5) is 0 Å². The average molecular weight is 392 g/mol. The summed E-state index contributed by atoms with van der Waals surface area (Å²) in [4.78, 5) is 8.99. The Labute approximate surface area is 175 Å². The van der Waals surface area contributed by atoms with Crippen molar-refractivity contribution in [2.75, 3.05) is 0 Å². The minimum Gasteiger partial charge on any atom is -0.508 e. The molecule has 0 amide bonds. The van der Waals surface area contributed by atoms with Crippen LogP contribution < -0.4 is 0 Å². The minimum atomic E-state index is 0.255. The second kappa shape index (κ2) is 8.88. The first kappa shape index (κ1) is 19.2. The van der Waals surface area contributed by atoms with Gasteiger partial charge >= 0.3 is 0 Å². The van der Waals surface area contributed by atoms with Gasteiger partial charge in [-0.15, -0.1) is 0 Å². The Morgan fingerprint density at radius 3 is 1.20 bits per heavy atom. The van der Waals surface area contributed by atoms with Crippen molar-refractivity contribution in [3.8, 4) is 22.6 Å². The highest BCUT2D eigenvalue weighted by atomic mass is 16.3. The van der Waals surface area contributed by atoms with Crippen LogP contribution in [0.5, 0.6) is 11.5 Å². The number of pyridine rings is 2. The molecule has 0 spiro atoms. The lowest BCUT2D eigenvalue weighted by Gasteiger charge is -2.02. The zero-order valence-electron chi connectivity index (χ0n) is 16.2. The van der Waals surface area contributed by atoms with Gasteiger partial charge < -0.3 is 10.2 Å². The van der Waals surface area contributed by atoms with Crippen molar-refractivity contribution < 1.29 is 10.2 Å². The molecule has 4 rings (SSSR count). The van der Waals surface area contributed by atoms with Crippen LogP contribution >= 0.6 is 0 Å². The molecule has 2 N–H and O–H groups in total. The second-order valence-corrected chi connectivity index (χ2v) is 6.79. The molecular weight excluding hydrogens is 372 g/mol. The topological polar surface area (TPSA) is 66.2 Å². The highest BCUT2D eigenvalue weighted by Gasteiger charge is 2.00. The molecule has 146 valence electrons. The Kier molecular flexibility index (Phi) is 5.67. The fourth-order valence-electron chi connectivity index (χ4n) is 2.88. The standard InChI is InChI=1S/C26H20N2O2/c29-25-13-3-19(4-14-25)1-9-23-11-7-21(17-27-23)22-8-12-24(28-18-22)10-2-20-5-15-26(30)16-6-20/h1-18,29-30H/b9-1+,10-2+. The summed E-state index contributed by atoms with van der Waals surface area (Å²) in [5.41, 5.74) is 5.70. The van der Waals surface area contributed by atoms with Crippen LogP contribution in [0.3, 0.4) is 0 Å². The summed E-state index contributed by atoms with van der Waals surface area (Å²) in [6.45, 7) is 0. The number of phenols is 2. The van der Waals surface area contributed by atoms with Gasteiger partial charge in [0, 0.05) is 23.5 Å². The lowest BCUT2D eigenvalue weighted by Crippen LogP contribution is -1.86. The third kappa shape index (κ3) is 5.00. The third-order valence-electron chi connectivity index (χ3n) is 4.59. The molecule has 2 aromatic carbocycles. The second-order valence-electron chi connectivity index (χ2n) is 6.79. The minimum absolute atomic E-state index is 0.255. The predicted molar refractivity (Wildman–Crippen MR) is 122 cm³/mol. The SMILES string of the molecule is Oc1ccc(/C=C/c2ccc(-c3ccc(/C=C/c4ccc(O)cc4)nc3)cn2)cc1. The van der Waals surface area contributed by atoms with E-state index in [-0.39, 0.29) is 11.5 Å². The average Bonchev–Trinajstić information content (AvgIpc) is 2.79. The van der Waals surface area contributed by atoms with Crippen LogP contribution in [0.2, 0.25) is 0 Å². The van der Waals surface area contributed by atoms with Crippen LogP contribution in [0, 0.1) is 0 Å². The van der Waals surface area contributed by atoms with Gasteiger partial charge in [-0.2, -0.15) is 0 Å². The molecule has 0 saturated heterocycles. The lowest BCUT2D eigenvalue weighted by molar-refractivity contribution is 0.474. The number of hydrogen-bond donors (Lipinski definition) is 2. The molecule has 0 unspecified atom stereocenters. The molecule has 0 aliphatic heterocycles. The maximum absolute atomic E-state index is 9.34. The summed E-state index contributed by atoms with van der Waals surface area (Å²) < 4.78 is 0. The van der Waals surface area contributed by atoms with Crippen molar-refractivity contribution in [2.45, 2.75) is 0 Å². The normalized spacial score (nSPS) is 11.3. The molecule has 0 atom stereocenters. The van der Waals surface area contributed by atoms with E-state index in [1.54, 1.807) is 24.3 Å². The molecule has 2 heterocycles. The van der Waals surface area contributed by atoms with Gasteiger partial charge in [0.15, 0.2) is 0 Å². The summed E-state index contributed by atoms with van der Waals surface area (Å²) in [6.07, 6.45) is 11.5. The maximum atomic E-state index is 9.34. The van der Waals surface area contributed by atoms with E-state index in [2.05, 4.69) is 9.97 Å². The Balaban J connectivity index is 1.42. The predicted octanol–water partition coefficient (Wildman–Crippen LogP) is 5.90. The van der Waals surface area contributed by atoms with E-state index >= 15 is 0 Å². The van der Waals surface area contributed by atoms with Gasteiger partial charge in [-0.3, -0.25) is 9.97 Å². The number of rotatable bonds is 5. The number of benzene rings is 2. The number of aromatic nitrogens is 2. The molecule has 0 radical (unpaired) electrons. The van der Waals surface area contributed by atoms with E-state index in [1.807, 2.05) is 85.2 Å². The van der Waals surface area contributed by atoms with E-state index in [0.29, 0.717) is 0 Å². The molecule has 0 aliphatic rings. The molecular formula is C26H20N2O2. The summed E-state index contributed by atoms with van der Waals surface area (Å²) in [5.74, 6) is 0.509. The van der Waals surface area contributed by atoms with Crippen LogP contribution in [0.15, 0.2) is 85.2 Å². The first-order valence-electron chi connectivity index (χ1n) is 9.52. The smallest absolute Gasteiger partial charge is 0.115 e. The Hall–Kier alpha value is -4.18. The van der Waals surface area contributed by atoms with Gasteiger partial charge in [0.1, 0.15) is 11.5 Å². The summed E-state index contributed by atoms with van der Waals surface area (Å²) >= 11 is 0. The Morgan fingerprint density at radius 2 is 0.867 bits per heavy atom. The molecule has 0 aliphatic carbocycles. The largest absolute Gasteiger partial charge is 0.508 e. The quantitative estimate of drug-likeness (QED) is 0.444. The number of nitrogens with zero attached hydrogens (tertiary/aromatic N) is 2. The van der Waals surface area contributed by atoms with Crippen LogP contribution in [0.1, 0.15) is 22.5 Å². The number of phenolic OH excluding ortho intramolecular Hbond substituents is 2. The van der Waals surface area contributed by atoms with Crippen molar-refractivity contribution in [3.63, 3.8) is 0 Å². The molecule has 4 aromatic rings. The zero-order valence-corrected chi connectivity index (χ0v) is 16.2. The van der Waals surface area contributed by atoms with Crippen LogP contribution in [-0.4, -0.2) is 20.2 Å². The molecule has 4 heteroatoms. The van der Waals surface area contributed by atoms with Crippen molar-refractivity contribution in [3.05, 3.63) is 108 Å². The summed E-state index contributed by atoms with van der Waals surface area (Å²) in [5, 5.41) is 18.7. The van der Waals surface area contributed by atoms with Crippen molar-refractivity contribution in [1.82, 2.24) is 9.97 Å². The molecule has 0 saturated carbocycles. The van der Waals surface area contributed by atoms with Crippen molar-refractivity contribution in [1.29, 1.82) is 0 Å². The monoisotopic (exact) mass is 392 g/mol. The highest BCUT2D eigenvalue weighted by Crippen LogP contribution is 2.20. The van der Waals surface area contributed by atoms with Gasteiger partial charge in [0.05, 0.1) is 11.4 Å². The molecule has 30 heavy (non-hydrogen) atoms. The van der Waals surface area contributed by atoms with E-state index in [4.69, 9.17) is 0 Å². The van der Waals surface area contributed by atoms with Gasteiger partial charge in [0.25, 0.3) is 0 Å². The van der Waals surface area contributed by atoms with Crippen molar-refractivity contribution in [2.24, 2.45) is 0 Å². The van der Waals surface area contributed by atoms with Gasteiger partial charge in [-0.05, 0) is 59.7 Å². The van der Waals surface area contributed by atoms with E-state index in [0.717, 1.165) is 33.6 Å². The third-order valence-corrected chi connectivity index (χ3v) is 4.59. The van der Waals surface area contributed by atoms with Crippen LogP contribution in [0.25, 0.3) is 35.4 Å². The molecule has 4 nitrogen and oxygen atoms in total. The van der Waals surface area contributed by atoms with Gasteiger partial charge in [-0.25, -0.2) is 0 Å². The van der Waals surface area contributed by atoms with Gasteiger partial charge in [0.2, 0.25) is 0 Å². The van der Waals surface area contributed by atoms with E-state index in [9.17, 15) is 10.2 Å². The fourth-order valence-corrected chi connectivity index (χ4v) is 2.88. The zero-order chi connectivity index (χ0) is 20.8. The number of hydrogen-bond acceptors (Lipinski definition) is 4. The summed E-state index contributed by atoms with van der Waals surface area (Å²) in [6, 6.07) is 22.0. The van der Waals surface area contributed by atoms with E-state index in [1.165, 1.54) is 0 Å². The van der Waals surface area contributed by atoms with Gasteiger partial charge in [-0.1, -0.05) is 48.6 Å². The Morgan fingerprint density at radius 1 is 0.467 bits per heavy atom. The van der Waals surface area contributed by atoms with E-state index < -0.39 is 0 Å². The molecule has 0 bridgehead atoms. The first-order chi connectivity index (χ1) is 14.7. The lowest BCUT2D eigenvalue weighted by atomic mass is 10.1. The first-order valence-corrected chi connectivity index (χ1v) is 9.52. The Bertz CT molecular complexity index is 1060.